The summed E-state index contributed by atoms with van der Waals surface area (Å²) < 4.78 is 5.26. The van der Waals surface area contributed by atoms with Crippen LogP contribution in [0.5, 0.6) is 5.75 Å². The minimum absolute atomic E-state index is 0.0356. The zero-order valence-corrected chi connectivity index (χ0v) is 18.3. The second kappa shape index (κ2) is 10.1. The average Bonchev–Trinajstić information content (AvgIpc) is 2.70. The molecule has 2 aromatic rings. The fourth-order valence-corrected chi connectivity index (χ4v) is 3.46. The minimum atomic E-state index is -0.216. The van der Waals surface area contributed by atoms with Crippen molar-refractivity contribution in [3.05, 3.63) is 59.2 Å². The number of nitrogens with one attached hydrogen (secondary N) is 1. The molecule has 0 aliphatic carbocycles. The Morgan fingerprint density at radius 3 is 2.07 bits per heavy atom. The number of carbonyl (C=O) groups is 2. The van der Waals surface area contributed by atoms with Crippen molar-refractivity contribution in [3.63, 3.8) is 0 Å². The number of rotatable bonds is 8. The molecule has 2 aromatic carbocycles. The quantitative estimate of drug-likeness (QED) is 0.702. The highest BCUT2D eigenvalue weighted by atomic mass is 16.5. The zero-order valence-electron chi connectivity index (χ0n) is 18.3. The van der Waals surface area contributed by atoms with Crippen molar-refractivity contribution in [2.75, 3.05) is 25.1 Å². The van der Waals surface area contributed by atoms with Gasteiger partial charge in [-0.2, -0.15) is 0 Å². The van der Waals surface area contributed by atoms with Gasteiger partial charge in [-0.1, -0.05) is 58.0 Å². The second-order valence-electron chi connectivity index (χ2n) is 7.72. The van der Waals surface area contributed by atoms with Crippen LogP contribution in [0.1, 0.15) is 67.9 Å². The van der Waals surface area contributed by atoms with Gasteiger partial charge in [0.05, 0.1) is 18.4 Å². The lowest BCUT2D eigenvalue weighted by Gasteiger charge is -2.29. The van der Waals surface area contributed by atoms with E-state index in [4.69, 9.17) is 4.74 Å². The van der Waals surface area contributed by atoms with Crippen molar-refractivity contribution in [2.24, 2.45) is 0 Å². The molecule has 1 N–H and O–H groups in total. The number of anilines is 1. The van der Waals surface area contributed by atoms with E-state index < -0.39 is 0 Å². The number of para-hydroxylation sites is 2. The third-order valence-electron chi connectivity index (χ3n) is 4.97. The Kier molecular flexibility index (Phi) is 7.82. The predicted octanol–water partition coefficient (Wildman–Crippen LogP) is 4.72. The van der Waals surface area contributed by atoms with Crippen LogP contribution in [0, 0.1) is 0 Å². The number of benzene rings is 2. The van der Waals surface area contributed by atoms with Gasteiger partial charge in [0.1, 0.15) is 5.75 Å². The van der Waals surface area contributed by atoms with Gasteiger partial charge in [0.15, 0.2) is 0 Å². The van der Waals surface area contributed by atoms with E-state index in [1.807, 2.05) is 6.07 Å². The molecule has 0 bridgehead atoms. The van der Waals surface area contributed by atoms with E-state index in [0.717, 1.165) is 16.8 Å². The summed E-state index contributed by atoms with van der Waals surface area (Å²) in [6, 6.07) is 13.3. The van der Waals surface area contributed by atoms with Gasteiger partial charge in [-0.25, -0.2) is 0 Å². The van der Waals surface area contributed by atoms with Crippen LogP contribution in [-0.2, 0) is 4.79 Å². The number of hydrogen-bond donors (Lipinski definition) is 1. The smallest absolute Gasteiger partial charge is 0.255 e. The molecule has 5 nitrogen and oxygen atoms in total. The van der Waals surface area contributed by atoms with E-state index in [1.54, 1.807) is 37.1 Å². The lowest BCUT2D eigenvalue weighted by atomic mass is 9.92. The number of hydrogen-bond acceptors (Lipinski definition) is 3. The zero-order chi connectivity index (χ0) is 21.6. The van der Waals surface area contributed by atoms with Crippen LogP contribution in [0.2, 0.25) is 0 Å². The standard InChI is InChI=1S/C24H32N2O3/c1-16(2)19-11-9-12-20(17(3)4)23(19)26(18(5)27)15-14-25-24(28)21-10-7-8-13-22(21)29-6/h7-13,16-17H,14-15H2,1-6H3,(H,25,28). The molecule has 156 valence electrons. The van der Waals surface area contributed by atoms with Crippen LogP contribution in [0.15, 0.2) is 42.5 Å². The normalized spacial score (nSPS) is 10.9. The molecule has 0 aliphatic rings. The monoisotopic (exact) mass is 396 g/mol. The molecule has 0 aliphatic heterocycles. The number of nitrogens with zero attached hydrogens (tertiary/aromatic N) is 1. The Morgan fingerprint density at radius 2 is 1.55 bits per heavy atom. The van der Waals surface area contributed by atoms with Crippen LogP contribution in [-0.4, -0.2) is 32.0 Å². The van der Waals surface area contributed by atoms with E-state index in [-0.39, 0.29) is 23.7 Å². The fraction of sp³-hybridized carbons (Fsp3) is 0.417. The van der Waals surface area contributed by atoms with Crippen molar-refractivity contribution >= 4 is 17.5 Å². The van der Waals surface area contributed by atoms with E-state index in [9.17, 15) is 9.59 Å². The molecule has 2 amide bonds. The largest absolute Gasteiger partial charge is 0.496 e. The van der Waals surface area contributed by atoms with E-state index in [2.05, 4.69) is 51.2 Å². The molecule has 0 radical (unpaired) electrons. The average molecular weight is 397 g/mol. The third-order valence-corrected chi connectivity index (χ3v) is 4.97. The first-order valence-electron chi connectivity index (χ1n) is 10.1. The first-order chi connectivity index (χ1) is 13.8. The molecule has 0 fully saturated rings. The number of amides is 2. The lowest BCUT2D eigenvalue weighted by molar-refractivity contribution is -0.116. The summed E-state index contributed by atoms with van der Waals surface area (Å²) in [5.41, 5.74) is 3.73. The molecule has 5 heteroatoms. The van der Waals surface area contributed by atoms with Gasteiger partial charge in [-0.05, 0) is 35.1 Å². The molecule has 0 aromatic heterocycles. The molecular weight excluding hydrogens is 364 g/mol. The van der Waals surface area contributed by atoms with Gasteiger partial charge in [-0.15, -0.1) is 0 Å². The van der Waals surface area contributed by atoms with E-state index in [1.165, 1.54) is 0 Å². The highest BCUT2D eigenvalue weighted by molar-refractivity contribution is 5.97. The highest BCUT2D eigenvalue weighted by Crippen LogP contribution is 2.35. The van der Waals surface area contributed by atoms with Gasteiger partial charge in [-0.3, -0.25) is 9.59 Å². The molecule has 29 heavy (non-hydrogen) atoms. The third kappa shape index (κ3) is 5.37. The van der Waals surface area contributed by atoms with Crippen LogP contribution in [0.4, 0.5) is 5.69 Å². The van der Waals surface area contributed by atoms with Gasteiger partial charge in [0.25, 0.3) is 5.91 Å². The van der Waals surface area contributed by atoms with Crippen molar-refractivity contribution in [1.82, 2.24) is 5.32 Å². The Labute approximate surface area is 174 Å². The van der Waals surface area contributed by atoms with E-state index in [0.29, 0.717) is 24.4 Å². The van der Waals surface area contributed by atoms with Crippen molar-refractivity contribution < 1.29 is 14.3 Å². The fourth-order valence-electron chi connectivity index (χ4n) is 3.46. The van der Waals surface area contributed by atoms with Gasteiger partial charge < -0.3 is 15.0 Å². The molecular formula is C24H32N2O3. The van der Waals surface area contributed by atoms with Gasteiger partial charge in [0.2, 0.25) is 5.91 Å². The first kappa shape index (κ1) is 22.5. The van der Waals surface area contributed by atoms with Crippen LogP contribution < -0.4 is 15.0 Å². The molecule has 0 unspecified atom stereocenters. The minimum Gasteiger partial charge on any atom is -0.496 e. The van der Waals surface area contributed by atoms with Crippen molar-refractivity contribution in [1.29, 1.82) is 0 Å². The summed E-state index contributed by atoms with van der Waals surface area (Å²) in [6.07, 6.45) is 0. The predicted molar refractivity (Wildman–Crippen MR) is 118 cm³/mol. The maximum absolute atomic E-state index is 12.6. The molecule has 0 atom stereocenters. The Hall–Kier alpha value is -2.82. The van der Waals surface area contributed by atoms with Crippen molar-refractivity contribution in [2.45, 2.75) is 46.5 Å². The lowest BCUT2D eigenvalue weighted by Crippen LogP contribution is -2.38. The van der Waals surface area contributed by atoms with Crippen LogP contribution in [0.25, 0.3) is 0 Å². The van der Waals surface area contributed by atoms with E-state index >= 15 is 0 Å². The summed E-state index contributed by atoms with van der Waals surface area (Å²) in [4.78, 5) is 26.9. The molecule has 0 spiro atoms. The summed E-state index contributed by atoms with van der Waals surface area (Å²) in [7, 11) is 1.54. The maximum atomic E-state index is 12.6. The molecule has 0 heterocycles. The summed E-state index contributed by atoms with van der Waals surface area (Å²) >= 11 is 0. The number of methoxy groups -OCH3 is 1. The first-order valence-corrected chi connectivity index (χ1v) is 10.1. The molecule has 2 rings (SSSR count). The van der Waals surface area contributed by atoms with Gasteiger partial charge in [0, 0.05) is 20.0 Å². The Balaban J connectivity index is 2.24. The molecule has 0 saturated carbocycles. The topological polar surface area (TPSA) is 58.6 Å². The van der Waals surface area contributed by atoms with Gasteiger partial charge >= 0.3 is 0 Å². The van der Waals surface area contributed by atoms with Crippen LogP contribution in [0.3, 0.4) is 0 Å². The highest BCUT2D eigenvalue weighted by Gasteiger charge is 2.22. The maximum Gasteiger partial charge on any atom is 0.255 e. The summed E-state index contributed by atoms with van der Waals surface area (Å²) in [5, 5.41) is 2.91. The number of carbonyl (C=O) groups excluding carboxylic acids is 2. The number of ether oxygens (including phenoxy) is 1. The summed E-state index contributed by atoms with van der Waals surface area (Å²) in [5.74, 6) is 0.849. The Bertz CT molecular complexity index is 833. The second-order valence-corrected chi connectivity index (χ2v) is 7.72. The van der Waals surface area contributed by atoms with Crippen molar-refractivity contribution in [3.8, 4) is 5.75 Å². The molecule has 0 saturated heterocycles. The Morgan fingerprint density at radius 1 is 0.966 bits per heavy atom. The SMILES string of the molecule is COc1ccccc1C(=O)NCCN(C(C)=O)c1c(C(C)C)cccc1C(C)C. The summed E-state index contributed by atoms with van der Waals surface area (Å²) in [6.45, 7) is 10.8. The van der Waals surface area contributed by atoms with Crippen LogP contribution >= 0.6 is 0 Å².